The van der Waals surface area contributed by atoms with Crippen molar-refractivity contribution in [2.45, 2.75) is 51.5 Å². The molecule has 1 aliphatic rings. The second kappa shape index (κ2) is 7.24. The molecule has 0 N–H and O–H groups in total. The third-order valence-electron chi connectivity index (χ3n) is 3.16. The second-order valence-corrected chi connectivity index (χ2v) is 4.38. The van der Waals surface area contributed by atoms with Crippen LogP contribution in [0.15, 0.2) is 0 Å². The molecule has 0 radical (unpaired) electrons. The van der Waals surface area contributed by atoms with Crippen molar-refractivity contribution < 1.29 is 4.74 Å². The van der Waals surface area contributed by atoms with Gasteiger partial charge in [-0.25, -0.2) is 0 Å². The summed E-state index contributed by atoms with van der Waals surface area (Å²) in [5.74, 6) is 0. The maximum absolute atomic E-state index is 5.47. The number of nitrogens with zero attached hydrogens (tertiary/aromatic N) is 1. The number of hydrogen-bond acceptors (Lipinski definition) is 2. The highest BCUT2D eigenvalue weighted by Crippen LogP contribution is 2.14. The first kappa shape index (κ1) is 12.0. The van der Waals surface area contributed by atoms with Crippen molar-refractivity contribution in [3.8, 4) is 0 Å². The summed E-state index contributed by atoms with van der Waals surface area (Å²) in [7, 11) is 2.27. The van der Waals surface area contributed by atoms with Crippen molar-refractivity contribution in [3.05, 3.63) is 0 Å². The second-order valence-electron chi connectivity index (χ2n) is 4.38. The van der Waals surface area contributed by atoms with Crippen LogP contribution in [-0.2, 0) is 4.74 Å². The van der Waals surface area contributed by atoms with Gasteiger partial charge in [0, 0.05) is 19.3 Å². The molecule has 14 heavy (non-hydrogen) atoms. The average molecular weight is 199 g/mol. The van der Waals surface area contributed by atoms with Crippen LogP contribution in [0.5, 0.6) is 0 Å². The lowest BCUT2D eigenvalue weighted by Crippen LogP contribution is -2.32. The monoisotopic (exact) mass is 199 g/mol. The average Bonchev–Trinajstić information content (AvgIpc) is 2.46. The normalized spacial score (nSPS) is 23.8. The van der Waals surface area contributed by atoms with Gasteiger partial charge >= 0.3 is 0 Å². The van der Waals surface area contributed by atoms with Crippen LogP contribution in [0.3, 0.4) is 0 Å². The molecule has 0 amide bonds. The lowest BCUT2D eigenvalue weighted by molar-refractivity contribution is 0.134. The molecule has 1 rings (SSSR count). The number of hydrogen-bond donors (Lipinski definition) is 0. The lowest BCUT2D eigenvalue weighted by Gasteiger charge is -2.26. The lowest BCUT2D eigenvalue weighted by atomic mass is 10.1. The zero-order valence-electron chi connectivity index (χ0n) is 9.80. The van der Waals surface area contributed by atoms with E-state index in [1.54, 1.807) is 0 Å². The first-order chi connectivity index (χ1) is 6.84. The van der Waals surface area contributed by atoms with Gasteiger partial charge in [0.2, 0.25) is 0 Å². The predicted molar refractivity (Wildman–Crippen MR) is 60.6 cm³/mol. The van der Waals surface area contributed by atoms with Gasteiger partial charge in [0.15, 0.2) is 0 Å². The Balaban J connectivity index is 2.16. The van der Waals surface area contributed by atoms with Gasteiger partial charge in [0.25, 0.3) is 0 Å². The van der Waals surface area contributed by atoms with Gasteiger partial charge in [0.05, 0.1) is 0 Å². The molecule has 0 spiro atoms. The van der Waals surface area contributed by atoms with E-state index in [1.165, 1.54) is 45.1 Å². The van der Waals surface area contributed by atoms with E-state index >= 15 is 0 Å². The fourth-order valence-electron chi connectivity index (χ4n) is 2.12. The maximum atomic E-state index is 5.47. The fourth-order valence-corrected chi connectivity index (χ4v) is 2.12. The maximum Gasteiger partial charge on any atom is 0.0480 e. The molecular formula is C12H25NO. The summed E-state index contributed by atoms with van der Waals surface area (Å²) in [6.07, 6.45) is 7.83. The molecule has 1 saturated heterocycles. The van der Waals surface area contributed by atoms with Gasteiger partial charge in [0.1, 0.15) is 0 Å². The molecule has 1 atom stereocenters. The topological polar surface area (TPSA) is 12.5 Å². The highest BCUT2D eigenvalue weighted by Gasteiger charge is 2.16. The quantitative estimate of drug-likeness (QED) is 0.631. The summed E-state index contributed by atoms with van der Waals surface area (Å²) in [6.45, 7) is 5.46. The van der Waals surface area contributed by atoms with Crippen LogP contribution in [-0.4, -0.2) is 37.7 Å². The Morgan fingerprint density at radius 2 is 2.07 bits per heavy atom. The van der Waals surface area contributed by atoms with Crippen molar-refractivity contribution in [3.63, 3.8) is 0 Å². The molecular weight excluding hydrogens is 174 g/mol. The Kier molecular flexibility index (Phi) is 6.20. The highest BCUT2D eigenvalue weighted by atomic mass is 16.5. The van der Waals surface area contributed by atoms with E-state index in [9.17, 15) is 0 Å². The minimum Gasteiger partial charge on any atom is -0.381 e. The van der Waals surface area contributed by atoms with Crippen molar-refractivity contribution in [2.24, 2.45) is 0 Å². The molecule has 1 fully saturated rings. The van der Waals surface area contributed by atoms with Crippen LogP contribution in [0.4, 0.5) is 0 Å². The van der Waals surface area contributed by atoms with Crippen LogP contribution >= 0.6 is 0 Å². The van der Waals surface area contributed by atoms with Crippen LogP contribution in [0.1, 0.15) is 45.4 Å². The summed E-state index contributed by atoms with van der Waals surface area (Å²) in [4.78, 5) is 2.53. The summed E-state index contributed by atoms with van der Waals surface area (Å²) < 4.78 is 5.47. The SMILES string of the molecule is CCCCCN(C)C1CCCOCC1. The standard InChI is InChI=1S/C12H25NO/c1-3-4-5-9-13(2)12-7-6-10-14-11-8-12/h12H,3-11H2,1-2H3. The summed E-state index contributed by atoms with van der Waals surface area (Å²) in [6, 6.07) is 0.773. The van der Waals surface area contributed by atoms with Crippen LogP contribution in [0.25, 0.3) is 0 Å². The van der Waals surface area contributed by atoms with Gasteiger partial charge in [-0.1, -0.05) is 19.8 Å². The molecule has 0 bridgehead atoms. The van der Waals surface area contributed by atoms with E-state index in [0.717, 1.165) is 19.3 Å². The first-order valence-electron chi connectivity index (χ1n) is 6.12. The van der Waals surface area contributed by atoms with E-state index in [1.807, 2.05) is 0 Å². The minimum atomic E-state index is 0.773. The van der Waals surface area contributed by atoms with Crippen LogP contribution < -0.4 is 0 Å². The fraction of sp³-hybridized carbons (Fsp3) is 1.00. The molecule has 0 saturated carbocycles. The Labute approximate surface area is 88.6 Å². The van der Waals surface area contributed by atoms with E-state index in [-0.39, 0.29) is 0 Å². The van der Waals surface area contributed by atoms with E-state index < -0.39 is 0 Å². The Hall–Kier alpha value is -0.0800. The van der Waals surface area contributed by atoms with Gasteiger partial charge < -0.3 is 9.64 Å². The smallest absolute Gasteiger partial charge is 0.0480 e. The van der Waals surface area contributed by atoms with Crippen molar-refractivity contribution in [1.82, 2.24) is 4.90 Å². The summed E-state index contributed by atoms with van der Waals surface area (Å²) >= 11 is 0. The summed E-state index contributed by atoms with van der Waals surface area (Å²) in [5.41, 5.74) is 0. The van der Waals surface area contributed by atoms with E-state index in [4.69, 9.17) is 4.74 Å². The van der Waals surface area contributed by atoms with Gasteiger partial charge in [-0.2, -0.15) is 0 Å². The summed E-state index contributed by atoms with van der Waals surface area (Å²) in [5, 5.41) is 0. The minimum absolute atomic E-state index is 0.773. The molecule has 0 aliphatic carbocycles. The molecule has 1 heterocycles. The Morgan fingerprint density at radius 1 is 1.21 bits per heavy atom. The van der Waals surface area contributed by atoms with Crippen molar-refractivity contribution >= 4 is 0 Å². The van der Waals surface area contributed by atoms with E-state index in [2.05, 4.69) is 18.9 Å². The molecule has 2 heteroatoms. The highest BCUT2D eigenvalue weighted by molar-refractivity contribution is 4.70. The first-order valence-corrected chi connectivity index (χ1v) is 6.12. The molecule has 1 unspecified atom stereocenters. The Morgan fingerprint density at radius 3 is 2.86 bits per heavy atom. The zero-order chi connectivity index (χ0) is 10.2. The zero-order valence-corrected chi connectivity index (χ0v) is 9.80. The van der Waals surface area contributed by atoms with Crippen LogP contribution in [0, 0.1) is 0 Å². The van der Waals surface area contributed by atoms with Gasteiger partial charge in [-0.05, 0) is 39.3 Å². The van der Waals surface area contributed by atoms with Gasteiger partial charge in [-0.3, -0.25) is 0 Å². The molecule has 2 nitrogen and oxygen atoms in total. The number of rotatable bonds is 5. The number of ether oxygens (including phenoxy) is 1. The molecule has 0 aromatic rings. The van der Waals surface area contributed by atoms with Gasteiger partial charge in [-0.15, -0.1) is 0 Å². The van der Waals surface area contributed by atoms with Crippen LogP contribution in [0.2, 0.25) is 0 Å². The largest absolute Gasteiger partial charge is 0.381 e. The third-order valence-corrected chi connectivity index (χ3v) is 3.16. The Bertz CT molecular complexity index is 130. The molecule has 0 aromatic heterocycles. The third kappa shape index (κ3) is 4.43. The van der Waals surface area contributed by atoms with Crippen molar-refractivity contribution in [1.29, 1.82) is 0 Å². The van der Waals surface area contributed by atoms with Crippen molar-refractivity contribution in [2.75, 3.05) is 26.8 Å². The molecule has 84 valence electrons. The molecule has 0 aromatic carbocycles. The number of unbranched alkanes of at least 4 members (excludes halogenated alkanes) is 2. The predicted octanol–water partition coefficient (Wildman–Crippen LogP) is 2.68. The van der Waals surface area contributed by atoms with E-state index in [0.29, 0.717) is 0 Å². The molecule has 1 aliphatic heterocycles.